The molecule has 0 aromatic rings. The first kappa shape index (κ1) is 16.9. The summed E-state index contributed by atoms with van der Waals surface area (Å²) in [5.41, 5.74) is -1.40. The zero-order chi connectivity index (χ0) is 17.5. The summed E-state index contributed by atoms with van der Waals surface area (Å²) in [4.78, 5) is 37.8. The number of rotatable bonds is 4. The average molecular weight is 336 g/mol. The van der Waals surface area contributed by atoms with Gasteiger partial charge in [-0.3, -0.25) is 14.4 Å². The third kappa shape index (κ3) is 1.94. The number of esters is 2. The molecule has 0 aromatic heterocycles. The van der Waals surface area contributed by atoms with Gasteiger partial charge in [-0.2, -0.15) is 0 Å². The summed E-state index contributed by atoms with van der Waals surface area (Å²) >= 11 is 0. The molecule has 24 heavy (non-hydrogen) atoms. The van der Waals surface area contributed by atoms with Gasteiger partial charge < -0.3 is 18.9 Å². The van der Waals surface area contributed by atoms with Crippen LogP contribution in [0.25, 0.3) is 0 Å². The number of methoxy groups -OCH3 is 2. The van der Waals surface area contributed by atoms with Gasteiger partial charge in [0.15, 0.2) is 0 Å². The van der Waals surface area contributed by atoms with E-state index in [0.29, 0.717) is 0 Å². The Hall–Kier alpha value is -1.99. The highest BCUT2D eigenvalue weighted by molar-refractivity contribution is 6.02. The van der Waals surface area contributed by atoms with Crippen LogP contribution in [0, 0.1) is 23.2 Å². The van der Waals surface area contributed by atoms with Crippen LogP contribution < -0.4 is 0 Å². The molecule has 1 heterocycles. The van der Waals surface area contributed by atoms with Crippen LogP contribution in [0.1, 0.15) is 6.92 Å². The second-order valence-corrected chi connectivity index (χ2v) is 6.06. The zero-order valence-corrected chi connectivity index (χ0v) is 13.8. The Balaban J connectivity index is 2.22. The van der Waals surface area contributed by atoms with E-state index in [0.717, 1.165) is 0 Å². The van der Waals surface area contributed by atoms with E-state index in [1.807, 2.05) is 0 Å². The van der Waals surface area contributed by atoms with Gasteiger partial charge in [0, 0.05) is 13.0 Å². The molecular formula is C17H20O7. The van der Waals surface area contributed by atoms with Gasteiger partial charge in [-0.15, -0.1) is 0 Å². The lowest BCUT2D eigenvalue weighted by Crippen LogP contribution is -2.62. The smallest absolute Gasteiger partial charge is 0.317 e. The van der Waals surface area contributed by atoms with Crippen molar-refractivity contribution in [2.75, 3.05) is 27.4 Å². The highest BCUT2D eigenvalue weighted by Gasteiger charge is 2.71. The molecule has 5 atom stereocenters. The van der Waals surface area contributed by atoms with Crippen molar-refractivity contribution in [1.29, 1.82) is 0 Å². The molecule has 1 aliphatic heterocycles. The summed E-state index contributed by atoms with van der Waals surface area (Å²) in [6.07, 6.45) is 6.13. The minimum Gasteiger partial charge on any atom is -0.468 e. The van der Waals surface area contributed by atoms with Crippen LogP contribution >= 0.6 is 0 Å². The maximum Gasteiger partial charge on any atom is 0.317 e. The fraction of sp³-hybridized carbons (Fsp3) is 0.588. The lowest BCUT2D eigenvalue weighted by molar-refractivity contribution is -0.229. The van der Waals surface area contributed by atoms with Crippen molar-refractivity contribution in [2.24, 2.45) is 23.2 Å². The monoisotopic (exact) mass is 336 g/mol. The van der Waals surface area contributed by atoms with E-state index in [-0.39, 0.29) is 24.9 Å². The van der Waals surface area contributed by atoms with Gasteiger partial charge in [0.05, 0.1) is 32.2 Å². The first-order valence-corrected chi connectivity index (χ1v) is 7.84. The van der Waals surface area contributed by atoms with Gasteiger partial charge in [0.1, 0.15) is 5.41 Å². The molecule has 0 saturated carbocycles. The Kier molecular flexibility index (Phi) is 4.09. The van der Waals surface area contributed by atoms with Crippen molar-refractivity contribution in [3.8, 4) is 0 Å². The van der Waals surface area contributed by atoms with Crippen molar-refractivity contribution in [3.05, 3.63) is 24.3 Å². The molecule has 0 spiro atoms. The van der Waals surface area contributed by atoms with Crippen LogP contribution in [0.3, 0.4) is 0 Å². The maximum atomic E-state index is 12.8. The lowest BCUT2D eigenvalue weighted by Gasteiger charge is -2.48. The lowest BCUT2D eigenvalue weighted by atomic mass is 9.54. The van der Waals surface area contributed by atoms with E-state index < -0.39 is 35.0 Å². The predicted molar refractivity (Wildman–Crippen MR) is 80.5 cm³/mol. The van der Waals surface area contributed by atoms with Crippen LogP contribution in [0.2, 0.25) is 0 Å². The molecule has 3 aliphatic rings. The van der Waals surface area contributed by atoms with Gasteiger partial charge in [-0.1, -0.05) is 18.2 Å². The SMILES string of the molecule is CCOC(=O)[C@H]1C=C[C@H]2CO[C@@]3(OC)C(=O)C=C[C@]1(C(=O)OC)[C@@H]23. The molecule has 0 bridgehead atoms. The van der Waals surface area contributed by atoms with E-state index in [1.165, 1.54) is 26.4 Å². The molecule has 0 aromatic carbocycles. The molecule has 0 amide bonds. The summed E-state index contributed by atoms with van der Waals surface area (Å²) < 4.78 is 21.3. The van der Waals surface area contributed by atoms with Crippen molar-refractivity contribution in [2.45, 2.75) is 12.7 Å². The van der Waals surface area contributed by atoms with Crippen molar-refractivity contribution in [1.82, 2.24) is 0 Å². The number of carbonyl (C=O) groups excluding carboxylic acids is 3. The number of carbonyl (C=O) groups is 3. The molecule has 2 aliphatic carbocycles. The summed E-state index contributed by atoms with van der Waals surface area (Å²) in [7, 11) is 2.61. The number of ketones is 1. The Bertz CT molecular complexity index is 637. The molecule has 0 radical (unpaired) electrons. The van der Waals surface area contributed by atoms with Gasteiger partial charge in [0.2, 0.25) is 11.6 Å². The summed E-state index contributed by atoms with van der Waals surface area (Å²) in [6, 6.07) is 0. The largest absolute Gasteiger partial charge is 0.468 e. The second-order valence-electron chi connectivity index (χ2n) is 6.06. The van der Waals surface area contributed by atoms with E-state index >= 15 is 0 Å². The molecule has 3 rings (SSSR count). The zero-order valence-electron chi connectivity index (χ0n) is 13.8. The molecule has 7 nitrogen and oxygen atoms in total. The van der Waals surface area contributed by atoms with Crippen LogP contribution in [-0.2, 0) is 33.3 Å². The average Bonchev–Trinajstić information content (AvgIpc) is 2.99. The highest BCUT2D eigenvalue weighted by atomic mass is 16.7. The predicted octanol–water partition coefficient (Wildman–Crippen LogP) is 0.639. The topological polar surface area (TPSA) is 88.1 Å². The number of hydrogen-bond acceptors (Lipinski definition) is 7. The van der Waals surface area contributed by atoms with Crippen LogP contribution in [0.5, 0.6) is 0 Å². The van der Waals surface area contributed by atoms with E-state index in [9.17, 15) is 14.4 Å². The van der Waals surface area contributed by atoms with E-state index in [4.69, 9.17) is 18.9 Å². The molecular weight excluding hydrogens is 316 g/mol. The van der Waals surface area contributed by atoms with Gasteiger partial charge in [0.25, 0.3) is 0 Å². The second kappa shape index (κ2) is 5.82. The fourth-order valence-electron chi connectivity index (χ4n) is 4.18. The summed E-state index contributed by atoms with van der Waals surface area (Å²) in [5.74, 6) is -4.99. The summed E-state index contributed by atoms with van der Waals surface area (Å²) in [6.45, 7) is 2.09. The maximum absolute atomic E-state index is 12.8. The standard InChI is InChI=1S/C17H20O7/c1-4-23-14(19)11-6-5-10-9-24-17(22-3)12(18)7-8-16(11,13(10)17)15(20)21-2/h5-8,10-11,13H,4,9H2,1-3H3/t10-,11+,13+,16+,17-/m0/s1. The minimum atomic E-state index is -1.59. The minimum absolute atomic E-state index is 0.184. The van der Waals surface area contributed by atoms with Crippen molar-refractivity contribution >= 4 is 17.7 Å². The first-order valence-electron chi connectivity index (χ1n) is 7.84. The highest BCUT2D eigenvalue weighted by Crippen LogP contribution is 2.58. The molecule has 0 N–H and O–H groups in total. The molecule has 1 saturated heterocycles. The van der Waals surface area contributed by atoms with E-state index in [2.05, 4.69) is 0 Å². The van der Waals surface area contributed by atoms with Crippen LogP contribution in [0.4, 0.5) is 0 Å². The van der Waals surface area contributed by atoms with Crippen LogP contribution in [-0.4, -0.2) is 50.9 Å². The Morgan fingerprint density at radius 2 is 2.08 bits per heavy atom. The first-order chi connectivity index (χ1) is 11.5. The van der Waals surface area contributed by atoms with Gasteiger partial charge in [-0.25, -0.2) is 0 Å². The molecule has 7 heteroatoms. The van der Waals surface area contributed by atoms with Gasteiger partial charge >= 0.3 is 11.9 Å². The number of ether oxygens (including phenoxy) is 4. The van der Waals surface area contributed by atoms with Crippen molar-refractivity contribution < 1.29 is 33.3 Å². The van der Waals surface area contributed by atoms with E-state index in [1.54, 1.807) is 19.1 Å². The van der Waals surface area contributed by atoms with Crippen LogP contribution in [0.15, 0.2) is 24.3 Å². The Morgan fingerprint density at radius 1 is 1.33 bits per heavy atom. The third-order valence-corrected chi connectivity index (χ3v) is 5.14. The molecule has 1 fully saturated rings. The summed E-state index contributed by atoms with van der Waals surface area (Å²) in [5, 5.41) is 0. The Morgan fingerprint density at radius 3 is 2.71 bits per heavy atom. The van der Waals surface area contributed by atoms with Gasteiger partial charge in [-0.05, 0) is 13.0 Å². The van der Waals surface area contributed by atoms with Crippen molar-refractivity contribution in [3.63, 3.8) is 0 Å². The quantitative estimate of drug-likeness (QED) is 0.550. The number of hydrogen-bond donors (Lipinski definition) is 0. The molecule has 130 valence electrons. The third-order valence-electron chi connectivity index (χ3n) is 5.14. The molecule has 0 unspecified atom stereocenters. The Labute approximate surface area is 139 Å². The normalized spacial score (nSPS) is 39.5. The fourth-order valence-corrected chi connectivity index (χ4v) is 4.18.